The van der Waals surface area contributed by atoms with E-state index in [1.54, 1.807) is 0 Å². The van der Waals surface area contributed by atoms with Gasteiger partial charge in [-0.2, -0.15) is 0 Å². The SMILES string of the molecule is CCCN1CC(C(=O)Nc2nnc(C)s2)C[C@@H]2c3cccc4[nH]cc(c34)C[C@H]21. The van der Waals surface area contributed by atoms with Crippen molar-refractivity contribution >= 4 is 33.3 Å². The van der Waals surface area contributed by atoms with E-state index in [1.165, 1.54) is 33.4 Å². The summed E-state index contributed by atoms with van der Waals surface area (Å²) >= 11 is 1.43. The Labute approximate surface area is 168 Å². The van der Waals surface area contributed by atoms with E-state index in [0.717, 1.165) is 37.4 Å². The Morgan fingerprint density at radius 1 is 1.39 bits per heavy atom. The first-order chi connectivity index (χ1) is 13.6. The summed E-state index contributed by atoms with van der Waals surface area (Å²) in [6.07, 6.45) is 5.21. The number of nitrogens with zero attached hydrogens (tertiary/aromatic N) is 3. The first-order valence-corrected chi connectivity index (χ1v) is 10.9. The quantitative estimate of drug-likeness (QED) is 0.706. The lowest BCUT2D eigenvalue weighted by molar-refractivity contribution is -0.122. The van der Waals surface area contributed by atoms with Crippen LogP contribution in [0.4, 0.5) is 5.13 Å². The number of aromatic amines is 1. The molecule has 5 rings (SSSR count). The molecule has 146 valence electrons. The molecule has 6 nitrogen and oxygen atoms in total. The molecule has 3 aromatic rings. The zero-order valence-electron chi connectivity index (χ0n) is 16.2. The van der Waals surface area contributed by atoms with Crippen molar-refractivity contribution in [2.75, 3.05) is 18.4 Å². The summed E-state index contributed by atoms with van der Waals surface area (Å²) in [5, 5.41) is 13.9. The highest BCUT2D eigenvalue weighted by Gasteiger charge is 2.42. The summed E-state index contributed by atoms with van der Waals surface area (Å²) in [4.78, 5) is 19.0. The number of aromatic nitrogens is 3. The topological polar surface area (TPSA) is 73.9 Å². The number of hydrogen-bond donors (Lipinski definition) is 2. The number of rotatable bonds is 4. The second kappa shape index (κ2) is 6.97. The number of piperidine rings is 1. The normalized spacial score (nSPS) is 24.3. The van der Waals surface area contributed by atoms with Crippen LogP contribution in [0, 0.1) is 12.8 Å². The lowest BCUT2D eigenvalue weighted by atomic mass is 9.72. The predicted octanol–water partition coefficient (Wildman–Crippen LogP) is 3.71. The highest BCUT2D eigenvalue weighted by Crippen LogP contribution is 2.45. The third-order valence-corrected chi connectivity index (χ3v) is 6.97. The molecule has 1 aromatic carbocycles. The summed E-state index contributed by atoms with van der Waals surface area (Å²) in [7, 11) is 0. The fourth-order valence-electron chi connectivity index (χ4n) is 5.09. The number of aryl methyl sites for hydroxylation is 1. The third kappa shape index (κ3) is 2.93. The van der Waals surface area contributed by atoms with E-state index < -0.39 is 0 Å². The monoisotopic (exact) mass is 395 g/mol. The number of benzene rings is 1. The molecule has 2 aliphatic rings. The molecule has 0 bridgehead atoms. The van der Waals surface area contributed by atoms with Gasteiger partial charge < -0.3 is 10.3 Å². The molecule has 1 fully saturated rings. The molecule has 2 aromatic heterocycles. The van der Waals surface area contributed by atoms with E-state index in [2.05, 4.69) is 56.7 Å². The van der Waals surface area contributed by atoms with Gasteiger partial charge in [0.05, 0.1) is 5.92 Å². The number of carbonyl (C=O) groups excluding carboxylic acids is 1. The predicted molar refractivity (Wildman–Crippen MR) is 112 cm³/mol. The molecular weight excluding hydrogens is 370 g/mol. The molecule has 3 atom stereocenters. The Kier molecular flexibility index (Phi) is 4.44. The van der Waals surface area contributed by atoms with Gasteiger partial charge in [-0.25, -0.2) is 0 Å². The van der Waals surface area contributed by atoms with Gasteiger partial charge in [-0.1, -0.05) is 30.4 Å². The standard InChI is InChI=1S/C21H25N5OS/c1-3-7-26-11-14(20(27)23-21-25-24-12(2)28-21)8-16-15-5-4-6-17-19(15)13(10-22-17)9-18(16)26/h4-6,10,14,16,18,22H,3,7-9,11H2,1-2H3,(H,23,25,27)/t14?,16-,18-/m1/s1. The highest BCUT2D eigenvalue weighted by molar-refractivity contribution is 7.15. The lowest BCUT2D eigenvalue weighted by Crippen LogP contribution is -2.52. The summed E-state index contributed by atoms with van der Waals surface area (Å²) in [6.45, 7) is 5.96. The van der Waals surface area contributed by atoms with Crippen LogP contribution in [0.5, 0.6) is 0 Å². The van der Waals surface area contributed by atoms with Crippen molar-refractivity contribution in [1.29, 1.82) is 0 Å². The van der Waals surface area contributed by atoms with Crippen LogP contribution in [-0.4, -0.2) is 45.1 Å². The van der Waals surface area contributed by atoms with E-state index in [1.807, 2.05) is 6.92 Å². The average molecular weight is 396 g/mol. The largest absolute Gasteiger partial charge is 0.361 e. The van der Waals surface area contributed by atoms with Gasteiger partial charge in [0.15, 0.2) is 0 Å². The van der Waals surface area contributed by atoms with Gasteiger partial charge in [0.25, 0.3) is 0 Å². The van der Waals surface area contributed by atoms with Crippen LogP contribution >= 0.6 is 11.3 Å². The van der Waals surface area contributed by atoms with Crippen molar-refractivity contribution in [2.24, 2.45) is 5.92 Å². The number of nitrogens with one attached hydrogen (secondary N) is 2. The van der Waals surface area contributed by atoms with Crippen molar-refractivity contribution in [3.63, 3.8) is 0 Å². The highest BCUT2D eigenvalue weighted by atomic mass is 32.1. The zero-order valence-corrected chi connectivity index (χ0v) is 17.1. The molecule has 1 unspecified atom stereocenters. The summed E-state index contributed by atoms with van der Waals surface area (Å²) in [5.74, 6) is 0.426. The number of anilines is 1. The molecule has 1 saturated heterocycles. The van der Waals surface area contributed by atoms with Crippen LogP contribution in [-0.2, 0) is 11.2 Å². The maximum absolute atomic E-state index is 13.0. The maximum Gasteiger partial charge on any atom is 0.230 e. The average Bonchev–Trinajstić information content (AvgIpc) is 3.29. The van der Waals surface area contributed by atoms with Crippen LogP contribution in [0.1, 0.15) is 41.8 Å². The van der Waals surface area contributed by atoms with Gasteiger partial charge in [0, 0.05) is 35.6 Å². The van der Waals surface area contributed by atoms with E-state index in [4.69, 9.17) is 0 Å². The van der Waals surface area contributed by atoms with E-state index in [0.29, 0.717) is 17.1 Å². The molecule has 28 heavy (non-hydrogen) atoms. The van der Waals surface area contributed by atoms with Crippen molar-refractivity contribution in [3.8, 4) is 0 Å². The first-order valence-electron chi connectivity index (χ1n) is 10.1. The fraction of sp³-hybridized carbons (Fsp3) is 0.476. The molecule has 0 spiro atoms. The Bertz CT molecular complexity index is 1020. The minimum atomic E-state index is -0.0345. The van der Waals surface area contributed by atoms with Crippen LogP contribution in [0.2, 0.25) is 0 Å². The Morgan fingerprint density at radius 3 is 3.07 bits per heavy atom. The number of amides is 1. The molecule has 2 N–H and O–H groups in total. The molecule has 1 amide bonds. The van der Waals surface area contributed by atoms with Crippen molar-refractivity contribution in [3.05, 3.63) is 40.5 Å². The Balaban J connectivity index is 1.46. The summed E-state index contributed by atoms with van der Waals surface area (Å²) in [6, 6.07) is 7.02. The van der Waals surface area contributed by atoms with Gasteiger partial charge in [0.2, 0.25) is 11.0 Å². The van der Waals surface area contributed by atoms with Gasteiger partial charge in [0.1, 0.15) is 5.01 Å². The molecular formula is C21H25N5OS. The summed E-state index contributed by atoms with van der Waals surface area (Å²) < 4.78 is 0. The van der Waals surface area contributed by atoms with Crippen molar-refractivity contribution < 1.29 is 4.79 Å². The van der Waals surface area contributed by atoms with Gasteiger partial charge >= 0.3 is 0 Å². The second-order valence-corrected chi connectivity index (χ2v) is 9.19. The smallest absolute Gasteiger partial charge is 0.230 e. The summed E-state index contributed by atoms with van der Waals surface area (Å²) in [5.41, 5.74) is 4.03. The molecule has 0 radical (unpaired) electrons. The number of likely N-dealkylation sites (tertiary alicyclic amines) is 1. The number of hydrogen-bond acceptors (Lipinski definition) is 5. The van der Waals surface area contributed by atoms with Gasteiger partial charge in [-0.05, 0) is 49.9 Å². The lowest BCUT2D eigenvalue weighted by Gasteiger charge is -2.46. The van der Waals surface area contributed by atoms with E-state index in [-0.39, 0.29) is 11.8 Å². The molecule has 3 heterocycles. The van der Waals surface area contributed by atoms with Crippen molar-refractivity contribution in [1.82, 2.24) is 20.1 Å². The van der Waals surface area contributed by atoms with Crippen LogP contribution in [0.3, 0.4) is 0 Å². The molecule has 7 heteroatoms. The van der Waals surface area contributed by atoms with Crippen molar-refractivity contribution in [2.45, 2.75) is 45.1 Å². The number of H-pyrrole nitrogens is 1. The zero-order chi connectivity index (χ0) is 19.3. The minimum Gasteiger partial charge on any atom is -0.361 e. The minimum absolute atomic E-state index is 0.0345. The second-order valence-electron chi connectivity index (χ2n) is 8.00. The number of carbonyl (C=O) groups is 1. The van der Waals surface area contributed by atoms with Crippen LogP contribution in [0.25, 0.3) is 10.9 Å². The van der Waals surface area contributed by atoms with Gasteiger partial charge in [-0.3, -0.25) is 9.69 Å². The molecule has 1 aliphatic carbocycles. The third-order valence-electron chi connectivity index (χ3n) is 6.21. The van der Waals surface area contributed by atoms with E-state index >= 15 is 0 Å². The van der Waals surface area contributed by atoms with Crippen LogP contribution in [0.15, 0.2) is 24.4 Å². The molecule has 1 aliphatic heterocycles. The Morgan fingerprint density at radius 2 is 2.29 bits per heavy atom. The first kappa shape index (κ1) is 17.8. The Hall–Kier alpha value is -2.25. The molecule has 0 saturated carbocycles. The fourth-order valence-corrected chi connectivity index (χ4v) is 5.68. The van der Waals surface area contributed by atoms with Gasteiger partial charge in [-0.15, -0.1) is 10.2 Å². The van der Waals surface area contributed by atoms with Crippen LogP contribution < -0.4 is 5.32 Å². The number of fused-ring (bicyclic) bond motifs is 2. The maximum atomic E-state index is 13.0. The van der Waals surface area contributed by atoms with E-state index in [9.17, 15) is 4.79 Å².